The van der Waals surface area contributed by atoms with Gasteiger partial charge in [-0.15, -0.1) is 0 Å². The molecule has 0 saturated carbocycles. The number of amides is 1. The van der Waals surface area contributed by atoms with E-state index in [4.69, 9.17) is 8.85 Å². The van der Waals surface area contributed by atoms with Crippen molar-refractivity contribution in [3.63, 3.8) is 0 Å². The first-order valence-electron chi connectivity index (χ1n) is 7.92. The van der Waals surface area contributed by atoms with Gasteiger partial charge in [-0.05, 0) is 44.1 Å². The summed E-state index contributed by atoms with van der Waals surface area (Å²) < 4.78 is 12.6. The van der Waals surface area contributed by atoms with Gasteiger partial charge in [0, 0.05) is 29.0 Å². The number of rotatable bonds is 9. The maximum absolute atomic E-state index is 12.1. The Morgan fingerprint density at radius 3 is 2.33 bits per heavy atom. The molecule has 4 nitrogen and oxygen atoms in total. The van der Waals surface area contributed by atoms with Gasteiger partial charge in [0.05, 0.1) is 0 Å². The number of hydrogen-bond acceptors (Lipinski definition) is 3. The molecule has 0 N–H and O–H groups in total. The summed E-state index contributed by atoms with van der Waals surface area (Å²) in [6.45, 7) is 12.5. The lowest BCUT2D eigenvalue weighted by molar-refractivity contribution is -0.117. The second-order valence-corrected chi connectivity index (χ2v) is 8.46. The van der Waals surface area contributed by atoms with Gasteiger partial charge >= 0.3 is 0 Å². The minimum atomic E-state index is -0.247. The molecule has 0 atom stereocenters. The van der Waals surface area contributed by atoms with Crippen molar-refractivity contribution in [3.05, 3.63) is 28.2 Å². The van der Waals surface area contributed by atoms with Crippen molar-refractivity contribution < 1.29 is 13.6 Å². The first-order chi connectivity index (χ1) is 11.2. The zero-order valence-electron chi connectivity index (χ0n) is 15.3. The van der Waals surface area contributed by atoms with Crippen LogP contribution in [-0.2, 0) is 13.6 Å². The molecule has 0 aliphatic rings. The summed E-state index contributed by atoms with van der Waals surface area (Å²) in [6.07, 6.45) is 0.542. The Bertz CT molecular complexity index is 549. The van der Waals surface area contributed by atoms with Gasteiger partial charge in [0.1, 0.15) is 6.29 Å². The number of carbonyl (C=O) groups is 1. The summed E-state index contributed by atoms with van der Waals surface area (Å²) in [5.74, 6) is 0.0367. The number of anilines is 1. The maximum atomic E-state index is 12.1. The van der Waals surface area contributed by atoms with E-state index >= 15 is 0 Å². The van der Waals surface area contributed by atoms with Crippen LogP contribution in [0.4, 0.5) is 5.69 Å². The Morgan fingerprint density at radius 2 is 1.88 bits per heavy atom. The molecule has 1 rings (SSSR count). The van der Waals surface area contributed by atoms with Crippen LogP contribution in [0, 0.1) is 12.3 Å². The fraction of sp³-hybridized carbons (Fsp3) is 0.588. The smallest absolute Gasteiger partial charge is 0.229 e. The third-order valence-corrected chi connectivity index (χ3v) is 5.67. The van der Waals surface area contributed by atoms with Crippen molar-refractivity contribution in [2.24, 2.45) is 5.41 Å². The topological polar surface area (TPSA) is 38.8 Å². The Balaban J connectivity index is 2.88. The molecular weight excluding hydrogens is 402 g/mol. The Hall–Kier alpha value is -0.476. The second-order valence-electron chi connectivity index (χ2n) is 6.32. The summed E-state index contributed by atoms with van der Waals surface area (Å²) in [6, 6.07) is 6.00. The van der Waals surface area contributed by atoms with Crippen LogP contribution in [0.5, 0.6) is 0 Å². The summed E-state index contributed by atoms with van der Waals surface area (Å²) in [4.78, 5) is 13.9. The monoisotopic (exact) mass is 427 g/mol. The number of halogens is 1. The van der Waals surface area contributed by atoms with Crippen LogP contribution in [0.15, 0.2) is 22.7 Å². The molecular formula is C17H26BrNO3Si2. The van der Waals surface area contributed by atoms with Crippen molar-refractivity contribution in [1.82, 2.24) is 0 Å². The Labute approximate surface area is 159 Å². The van der Waals surface area contributed by atoms with Crippen LogP contribution < -0.4 is 4.90 Å². The molecule has 0 aliphatic carbocycles. The lowest BCUT2D eigenvalue weighted by Crippen LogP contribution is -2.40. The van der Waals surface area contributed by atoms with Crippen molar-refractivity contribution in [2.75, 3.05) is 11.4 Å². The fourth-order valence-corrected chi connectivity index (χ4v) is 3.92. The zero-order chi connectivity index (χ0) is 18.3. The summed E-state index contributed by atoms with van der Waals surface area (Å²) >= 11 is 3.54. The van der Waals surface area contributed by atoms with E-state index in [9.17, 15) is 4.79 Å². The molecule has 132 valence electrons. The quantitative estimate of drug-likeness (QED) is 0.437. The first kappa shape index (κ1) is 21.6. The van der Waals surface area contributed by atoms with E-state index in [1.807, 2.05) is 43.1 Å². The van der Waals surface area contributed by atoms with Crippen molar-refractivity contribution in [3.8, 4) is 0 Å². The van der Waals surface area contributed by atoms with Gasteiger partial charge in [-0.25, -0.2) is 0 Å². The SMILES string of the molecule is C[Si]OC(O[Si]C)C(C)(C)CCN(C(C)=O)c1ccc(C)c(Br)c1. The highest BCUT2D eigenvalue weighted by atomic mass is 79.9. The van der Waals surface area contributed by atoms with Gasteiger partial charge in [-0.3, -0.25) is 4.79 Å². The Kier molecular flexibility index (Phi) is 8.86. The van der Waals surface area contributed by atoms with E-state index in [0.717, 1.165) is 22.1 Å². The molecule has 0 spiro atoms. The molecule has 0 fully saturated rings. The number of aryl methyl sites for hydroxylation is 1. The number of carbonyl (C=O) groups excluding carboxylic acids is 1. The zero-order valence-corrected chi connectivity index (χ0v) is 18.9. The highest BCUT2D eigenvalue weighted by molar-refractivity contribution is 9.10. The maximum Gasteiger partial charge on any atom is 0.229 e. The van der Waals surface area contributed by atoms with E-state index < -0.39 is 0 Å². The van der Waals surface area contributed by atoms with Crippen LogP contribution in [0.3, 0.4) is 0 Å². The van der Waals surface area contributed by atoms with Crippen LogP contribution in [0.2, 0.25) is 13.1 Å². The molecule has 1 amide bonds. The molecule has 1 aromatic carbocycles. The molecule has 24 heavy (non-hydrogen) atoms. The molecule has 1 aromatic rings. The lowest BCUT2D eigenvalue weighted by Gasteiger charge is -2.35. The molecule has 0 bridgehead atoms. The van der Waals surface area contributed by atoms with E-state index in [-0.39, 0.29) is 17.6 Å². The molecule has 7 heteroatoms. The number of nitrogens with zero attached hydrogens (tertiary/aromatic N) is 1. The molecule has 0 heterocycles. The summed E-state index contributed by atoms with van der Waals surface area (Å²) in [5, 5.41) is 0. The average molecular weight is 428 g/mol. The van der Waals surface area contributed by atoms with Gasteiger partial charge in [-0.2, -0.15) is 0 Å². The van der Waals surface area contributed by atoms with Gasteiger partial charge in [0.2, 0.25) is 25.4 Å². The lowest BCUT2D eigenvalue weighted by atomic mass is 9.88. The van der Waals surface area contributed by atoms with Crippen molar-refractivity contribution in [1.29, 1.82) is 0 Å². The first-order valence-corrected chi connectivity index (χ1v) is 11.5. The van der Waals surface area contributed by atoms with Gasteiger partial charge in [-0.1, -0.05) is 35.8 Å². The summed E-state index contributed by atoms with van der Waals surface area (Å²) in [7, 11) is 0.756. The predicted molar refractivity (Wildman–Crippen MR) is 104 cm³/mol. The molecule has 0 aromatic heterocycles. The van der Waals surface area contributed by atoms with Crippen LogP contribution in [0.1, 0.15) is 32.8 Å². The van der Waals surface area contributed by atoms with E-state index in [1.165, 1.54) is 0 Å². The second kappa shape index (κ2) is 9.86. The molecule has 4 radical (unpaired) electrons. The summed E-state index contributed by atoms with van der Waals surface area (Å²) in [5.41, 5.74) is 1.88. The van der Waals surface area contributed by atoms with E-state index in [0.29, 0.717) is 26.1 Å². The predicted octanol–water partition coefficient (Wildman–Crippen LogP) is 4.22. The van der Waals surface area contributed by atoms with Crippen LogP contribution in [0.25, 0.3) is 0 Å². The van der Waals surface area contributed by atoms with Crippen molar-refractivity contribution in [2.45, 2.75) is 53.5 Å². The third-order valence-electron chi connectivity index (χ3n) is 3.91. The molecule has 0 unspecified atom stereocenters. The number of benzene rings is 1. The normalized spacial score (nSPS) is 11.8. The minimum Gasteiger partial charge on any atom is -0.394 e. The third kappa shape index (κ3) is 6.11. The van der Waals surface area contributed by atoms with Gasteiger partial charge in [0.15, 0.2) is 0 Å². The molecule has 0 saturated heterocycles. The largest absolute Gasteiger partial charge is 0.394 e. The van der Waals surface area contributed by atoms with Gasteiger partial charge < -0.3 is 13.8 Å². The van der Waals surface area contributed by atoms with E-state index in [2.05, 4.69) is 29.8 Å². The number of hydrogen-bond donors (Lipinski definition) is 0. The van der Waals surface area contributed by atoms with E-state index in [1.54, 1.807) is 6.92 Å². The highest BCUT2D eigenvalue weighted by Crippen LogP contribution is 2.30. The Morgan fingerprint density at radius 1 is 1.29 bits per heavy atom. The molecule has 0 aliphatic heterocycles. The minimum absolute atomic E-state index is 0.0367. The van der Waals surface area contributed by atoms with Crippen LogP contribution >= 0.6 is 15.9 Å². The highest BCUT2D eigenvalue weighted by Gasteiger charge is 2.31. The standard InChI is InChI=1S/C17H26BrNO3Si2/c1-12-7-8-14(11-15(12)18)19(13(2)20)10-9-17(3,4)16(21-23-5)22-24-6/h7-8,11,16H,9-10H2,1-6H3. The van der Waals surface area contributed by atoms with Crippen molar-refractivity contribution >= 4 is 47.1 Å². The van der Waals surface area contributed by atoms with Crippen LogP contribution in [-0.4, -0.2) is 38.3 Å². The average Bonchev–Trinajstić information content (AvgIpc) is 2.50. The van der Waals surface area contributed by atoms with Gasteiger partial charge in [0.25, 0.3) is 0 Å². The fourth-order valence-electron chi connectivity index (χ4n) is 2.29.